The highest BCUT2D eigenvalue weighted by Gasteiger charge is 2.40. The predicted octanol–water partition coefficient (Wildman–Crippen LogP) is 2.58. The molecule has 0 spiro atoms. The summed E-state index contributed by atoms with van der Waals surface area (Å²) in [5.41, 5.74) is -1.29. The van der Waals surface area contributed by atoms with E-state index in [9.17, 15) is 18.4 Å². The lowest BCUT2D eigenvalue weighted by atomic mass is 10.1. The van der Waals surface area contributed by atoms with Crippen LogP contribution < -0.4 is 5.43 Å². The third kappa shape index (κ3) is 1.87. The number of fused-ring (bicyclic) bond motifs is 1. The van der Waals surface area contributed by atoms with Crippen LogP contribution in [0.15, 0.2) is 17.1 Å². The lowest BCUT2D eigenvalue weighted by molar-refractivity contribution is 0.0694. The third-order valence-corrected chi connectivity index (χ3v) is 3.52. The number of pyridine rings is 1. The molecule has 103 valence electrons. The standard InChI is InChI=1S/C13H7ClF2NO3/c14-8-2-5(15)1-6-11(8)17(10-3-9(10)16)4-7(12(6)18)13(19)20/h1,4,9-10H,3H2,(H,19,20)/t9-,10-/m1/s1. The van der Waals surface area contributed by atoms with Gasteiger partial charge in [-0.2, -0.15) is 0 Å². The maximum absolute atomic E-state index is 13.3. The molecule has 0 amide bonds. The van der Waals surface area contributed by atoms with E-state index >= 15 is 0 Å². The summed E-state index contributed by atoms with van der Waals surface area (Å²) in [5, 5.41) is 8.65. The second-order valence-electron chi connectivity index (χ2n) is 4.60. The summed E-state index contributed by atoms with van der Waals surface area (Å²) in [7, 11) is 0. The van der Waals surface area contributed by atoms with Gasteiger partial charge in [-0.15, -0.1) is 0 Å². The SMILES string of the molecule is O=C(O)c1cn([C@@H]2C[C@H]2F)c2c(Cl)[c]c(F)cc2c1=O. The smallest absolute Gasteiger partial charge is 0.341 e. The van der Waals surface area contributed by atoms with Crippen LogP contribution in [-0.4, -0.2) is 21.8 Å². The largest absolute Gasteiger partial charge is 0.477 e. The van der Waals surface area contributed by atoms with Crippen molar-refractivity contribution in [1.82, 2.24) is 4.57 Å². The van der Waals surface area contributed by atoms with Crippen LogP contribution in [0.25, 0.3) is 10.9 Å². The lowest BCUT2D eigenvalue weighted by Crippen LogP contribution is -2.19. The van der Waals surface area contributed by atoms with Crippen LogP contribution in [0, 0.1) is 11.9 Å². The topological polar surface area (TPSA) is 59.3 Å². The van der Waals surface area contributed by atoms with Crippen molar-refractivity contribution in [2.45, 2.75) is 18.6 Å². The second kappa shape index (κ2) is 4.28. The molecule has 0 bridgehead atoms. The van der Waals surface area contributed by atoms with Crippen molar-refractivity contribution >= 4 is 28.5 Å². The first-order valence-corrected chi connectivity index (χ1v) is 6.11. The molecule has 4 nitrogen and oxygen atoms in total. The Bertz CT molecular complexity index is 802. The fourth-order valence-corrected chi connectivity index (χ4v) is 2.49. The van der Waals surface area contributed by atoms with Crippen LogP contribution in [-0.2, 0) is 0 Å². The van der Waals surface area contributed by atoms with E-state index in [-0.39, 0.29) is 22.3 Å². The summed E-state index contributed by atoms with van der Waals surface area (Å²) in [5.74, 6) is -2.33. The molecule has 2 atom stereocenters. The molecule has 7 heteroatoms. The summed E-state index contributed by atoms with van der Waals surface area (Å²) in [6.45, 7) is 0. The third-order valence-electron chi connectivity index (χ3n) is 3.25. The molecule has 1 aromatic heterocycles. The van der Waals surface area contributed by atoms with Crippen LogP contribution in [0.3, 0.4) is 0 Å². The van der Waals surface area contributed by atoms with Crippen molar-refractivity contribution < 1.29 is 18.7 Å². The van der Waals surface area contributed by atoms with Crippen molar-refractivity contribution in [2.75, 3.05) is 0 Å². The molecule has 1 fully saturated rings. The number of carbonyl (C=O) groups is 1. The summed E-state index contributed by atoms with van der Waals surface area (Å²) in [6, 6.07) is 2.47. The monoisotopic (exact) mass is 298 g/mol. The highest BCUT2D eigenvalue weighted by molar-refractivity contribution is 6.35. The minimum Gasteiger partial charge on any atom is -0.477 e. The van der Waals surface area contributed by atoms with Gasteiger partial charge in [0.1, 0.15) is 17.6 Å². The number of halogens is 3. The molecular weight excluding hydrogens is 292 g/mol. The van der Waals surface area contributed by atoms with Crippen molar-refractivity contribution in [3.63, 3.8) is 0 Å². The normalized spacial score (nSPS) is 21.1. The van der Waals surface area contributed by atoms with E-state index in [4.69, 9.17) is 16.7 Å². The fourth-order valence-electron chi connectivity index (χ4n) is 2.20. The Hall–Kier alpha value is -1.95. The van der Waals surface area contributed by atoms with Gasteiger partial charge < -0.3 is 9.67 Å². The molecule has 1 saturated carbocycles. The molecular formula is C13H7ClF2NO3. The van der Waals surface area contributed by atoms with Gasteiger partial charge in [0.2, 0.25) is 5.43 Å². The molecule has 1 radical (unpaired) electrons. The zero-order valence-electron chi connectivity index (χ0n) is 9.86. The number of rotatable bonds is 2. The molecule has 2 aromatic rings. The van der Waals surface area contributed by atoms with Gasteiger partial charge in [-0.3, -0.25) is 4.79 Å². The number of carboxylic acid groups (broad SMARTS) is 1. The van der Waals surface area contributed by atoms with E-state index in [0.29, 0.717) is 0 Å². The predicted molar refractivity (Wildman–Crippen MR) is 67.5 cm³/mol. The van der Waals surface area contributed by atoms with Crippen LogP contribution in [0.4, 0.5) is 8.78 Å². The number of hydrogen-bond donors (Lipinski definition) is 1. The van der Waals surface area contributed by atoms with Gasteiger partial charge in [0.15, 0.2) is 0 Å². The van der Waals surface area contributed by atoms with E-state index < -0.39 is 35.0 Å². The zero-order valence-corrected chi connectivity index (χ0v) is 10.6. The minimum atomic E-state index is -1.45. The number of alkyl halides is 1. The van der Waals surface area contributed by atoms with E-state index in [1.165, 1.54) is 4.57 Å². The van der Waals surface area contributed by atoms with E-state index in [0.717, 1.165) is 12.3 Å². The van der Waals surface area contributed by atoms with E-state index in [1.54, 1.807) is 0 Å². The summed E-state index contributed by atoms with van der Waals surface area (Å²) in [6.07, 6.45) is 0.114. The molecule has 0 saturated heterocycles. The number of aromatic nitrogens is 1. The molecule has 1 aromatic carbocycles. The van der Waals surface area contributed by atoms with Crippen LogP contribution in [0.2, 0.25) is 5.02 Å². The first kappa shape index (κ1) is 13.1. The van der Waals surface area contributed by atoms with Gasteiger partial charge >= 0.3 is 5.97 Å². The van der Waals surface area contributed by atoms with E-state index in [1.807, 2.05) is 0 Å². The lowest BCUT2D eigenvalue weighted by Gasteiger charge is -2.12. The molecule has 0 aliphatic heterocycles. The Kier molecular flexibility index (Phi) is 2.79. The average molecular weight is 299 g/mol. The number of benzene rings is 1. The van der Waals surface area contributed by atoms with Crippen molar-refractivity contribution in [1.29, 1.82) is 0 Å². The zero-order chi connectivity index (χ0) is 14.6. The van der Waals surface area contributed by atoms with Gasteiger partial charge in [-0.05, 0) is 6.07 Å². The first-order valence-electron chi connectivity index (χ1n) is 5.73. The molecule has 20 heavy (non-hydrogen) atoms. The summed E-state index contributed by atoms with van der Waals surface area (Å²) >= 11 is 5.87. The Morgan fingerprint density at radius 2 is 2.20 bits per heavy atom. The first-order chi connectivity index (χ1) is 9.40. The molecule has 1 heterocycles. The maximum Gasteiger partial charge on any atom is 0.341 e. The maximum atomic E-state index is 13.3. The Morgan fingerprint density at radius 3 is 2.75 bits per heavy atom. The minimum absolute atomic E-state index is 0.105. The quantitative estimate of drug-likeness (QED) is 0.927. The highest BCUT2D eigenvalue weighted by Crippen LogP contribution is 2.41. The fraction of sp³-hybridized carbons (Fsp3) is 0.231. The van der Waals surface area contributed by atoms with Gasteiger partial charge in [-0.25, -0.2) is 13.6 Å². The van der Waals surface area contributed by atoms with Crippen molar-refractivity contribution in [2.24, 2.45) is 0 Å². The molecule has 3 rings (SSSR count). The molecule has 1 aliphatic carbocycles. The molecule has 1 N–H and O–H groups in total. The Morgan fingerprint density at radius 1 is 1.55 bits per heavy atom. The Balaban J connectivity index is 2.45. The van der Waals surface area contributed by atoms with Gasteiger partial charge in [0.05, 0.1) is 22.0 Å². The number of nitrogens with zero attached hydrogens (tertiary/aromatic N) is 1. The average Bonchev–Trinajstić information content (AvgIpc) is 3.07. The Labute approximate surface area is 116 Å². The van der Waals surface area contributed by atoms with Crippen LogP contribution >= 0.6 is 11.6 Å². The summed E-state index contributed by atoms with van der Waals surface area (Å²) in [4.78, 5) is 23.1. The molecule has 1 aliphatic rings. The van der Waals surface area contributed by atoms with Crippen LogP contribution in [0.1, 0.15) is 22.8 Å². The summed E-state index contributed by atoms with van der Waals surface area (Å²) < 4.78 is 27.9. The van der Waals surface area contributed by atoms with Crippen LogP contribution in [0.5, 0.6) is 0 Å². The number of aromatic carboxylic acids is 1. The van der Waals surface area contributed by atoms with E-state index in [2.05, 4.69) is 6.07 Å². The number of carboxylic acids is 1. The molecule has 0 unspecified atom stereocenters. The van der Waals surface area contributed by atoms with Crippen molar-refractivity contribution in [3.8, 4) is 0 Å². The van der Waals surface area contributed by atoms with Gasteiger partial charge in [0.25, 0.3) is 0 Å². The van der Waals surface area contributed by atoms with Crippen molar-refractivity contribution in [3.05, 3.63) is 45.0 Å². The second-order valence-corrected chi connectivity index (χ2v) is 4.97. The van der Waals surface area contributed by atoms with Gasteiger partial charge in [-0.1, -0.05) is 11.6 Å². The number of hydrogen-bond acceptors (Lipinski definition) is 2. The van der Waals surface area contributed by atoms with Gasteiger partial charge in [0, 0.05) is 18.7 Å². The highest BCUT2D eigenvalue weighted by atomic mass is 35.5.